The van der Waals surface area contributed by atoms with E-state index in [1.54, 1.807) is 0 Å². The van der Waals surface area contributed by atoms with Crippen LogP contribution in [0, 0.1) is 0 Å². The number of imidazole rings is 2. The molecule has 0 N–H and O–H groups in total. The lowest BCUT2D eigenvalue weighted by Gasteiger charge is -2.25. The van der Waals surface area contributed by atoms with Gasteiger partial charge in [-0.15, -0.1) is 0 Å². The fourth-order valence-electron chi connectivity index (χ4n) is 9.01. The van der Waals surface area contributed by atoms with E-state index in [-0.39, 0.29) is 7.92 Å². The van der Waals surface area contributed by atoms with E-state index >= 15 is 0 Å². The Morgan fingerprint density at radius 2 is 1.17 bits per heavy atom. The van der Waals surface area contributed by atoms with Gasteiger partial charge in [0.15, 0.2) is 0 Å². The molecular formula is C53H53N4P. The molecule has 0 amide bonds. The Bertz CT molecular complexity index is 2610. The average Bonchev–Trinajstić information content (AvgIpc) is 3.86. The summed E-state index contributed by atoms with van der Waals surface area (Å²) in [4.78, 5) is 10.1. The number of nitrogens with zero attached hydrogens (tertiary/aromatic N) is 4. The van der Waals surface area contributed by atoms with Crippen LogP contribution in [-0.4, -0.2) is 32.4 Å². The first-order valence-corrected chi connectivity index (χ1v) is 23.4. The van der Waals surface area contributed by atoms with E-state index in [4.69, 9.17) is 16.5 Å². The molecule has 0 aliphatic heterocycles. The fraction of sp³-hybridized carbons (Fsp3) is 0.245. The van der Waals surface area contributed by atoms with Crippen LogP contribution in [0.5, 0.6) is 0 Å². The molecule has 0 bridgehead atoms. The van der Waals surface area contributed by atoms with Crippen molar-refractivity contribution in [3.63, 3.8) is 0 Å². The smallest absolute Gasteiger partial charge is 0.113 e. The number of aromatic nitrogens is 4. The molecule has 0 fully saturated rings. The number of benzene rings is 3. The molecule has 0 saturated heterocycles. The van der Waals surface area contributed by atoms with Crippen molar-refractivity contribution in [2.75, 3.05) is 13.3 Å². The third kappa shape index (κ3) is 7.13. The van der Waals surface area contributed by atoms with E-state index < -0.39 is 0 Å². The second kappa shape index (κ2) is 16.4. The van der Waals surface area contributed by atoms with Gasteiger partial charge in [-0.3, -0.25) is 9.13 Å². The van der Waals surface area contributed by atoms with Crippen molar-refractivity contribution in [1.82, 2.24) is 19.1 Å². The Morgan fingerprint density at radius 3 is 1.69 bits per heavy atom. The van der Waals surface area contributed by atoms with Crippen LogP contribution >= 0.6 is 7.92 Å². The zero-order valence-corrected chi connectivity index (χ0v) is 35.3. The molecule has 0 atom stereocenters. The summed E-state index contributed by atoms with van der Waals surface area (Å²) in [6, 6.07) is 27.4. The van der Waals surface area contributed by atoms with Crippen molar-refractivity contribution in [1.29, 1.82) is 0 Å². The number of hydrogen-bond donors (Lipinski definition) is 0. The first kappa shape index (κ1) is 38.0. The lowest BCUT2D eigenvalue weighted by atomic mass is 9.79. The lowest BCUT2D eigenvalue weighted by molar-refractivity contribution is 0.884. The van der Waals surface area contributed by atoms with Gasteiger partial charge in [0.05, 0.1) is 22.8 Å². The van der Waals surface area contributed by atoms with Gasteiger partial charge in [0.2, 0.25) is 0 Å². The second-order valence-corrected chi connectivity index (χ2v) is 18.2. The Balaban J connectivity index is 1.08. The monoisotopic (exact) mass is 776 g/mol. The lowest BCUT2D eigenvalue weighted by Crippen LogP contribution is -2.06. The number of fused-ring (bicyclic) bond motifs is 2. The summed E-state index contributed by atoms with van der Waals surface area (Å²) < 4.78 is 4.70. The molecular weight excluding hydrogens is 724 g/mol. The number of allylic oxidation sites excluding steroid dienone is 13. The summed E-state index contributed by atoms with van der Waals surface area (Å²) in [6.07, 6.45) is 29.8. The van der Waals surface area contributed by atoms with Crippen LogP contribution in [0.15, 0.2) is 139 Å². The highest BCUT2D eigenvalue weighted by Crippen LogP contribution is 2.43. The molecule has 290 valence electrons. The van der Waals surface area contributed by atoms with Crippen LogP contribution in [0.4, 0.5) is 0 Å². The second-order valence-electron chi connectivity index (χ2n) is 15.9. The summed E-state index contributed by atoms with van der Waals surface area (Å²) in [5.74, 6) is 2.24. The Morgan fingerprint density at radius 1 is 0.621 bits per heavy atom. The predicted octanol–water partition coefficient (Wildman–Crippen LogP) is 12.6. The van der Waals surface area contributed by atoms with Crippen molar-refractivity contribution >= 4 is 42.1 Å². The van der Waals surface area contributed by atoms with Crippen molar-refractivity contribution in [2.45, 2.75) is 71.6 Å². The molecule has 0 unspecified atom stereocenters. The molecule has 4 aliphatic carbocycles. The van der Waals surface area contributed by atoms with Gasteiger partial charge in [-0.25, -0.2) is 9.97 Å². The van der Waals surface area contributed by atoms with Crippen molar-refractivity contribution in [3.8, 4) is 11.4 Å². The summed E-state index contributed by atoms with van der Waals surface area (Å²) in [7, 11) is -0.114. The molecule has 4 aliphatic rings. The van der Waals surface area contributed by atoms with Gasteiger partial charge in [-0.2, -0.15) is 0 Å². The van der Waals surface area contributed by atoms with E-state index in [0.717, 1.165) is 91.9 Å². The number of rotatable bonds is 10. The van der Waals surface area contributed by atoms with Crippen molar-refractivity contribution in [2.24, 2.45) is 0 Å². The maximum absolute atomic E-state index is 5.05. The molecule has 2 aromatic heterocycles. The van der Waals surface area contributed by atoms with Gasteiger partial charge in [-0.1, -0.05) is 119 Å². The highest BCUT2D eigenvalue weighted by atomic mass is 31.1. The molecule has 58 heavy (non-hydrogen) atoms. The Hall–Kier alpha value is -5.57. The highest BCUT2D eigenvalue weighted by molar-refractivity contribution is 7.64. The molecule has 5 heteroatoms. The van der Waals surface area contributed by atoms with Gasteiger partial charge < -0.3 is 0 Å². The van der Waals surface area contributed by atoms with Crippen LogP contribution in [-0.2, 0) is 25.7 Å². The molecule has 0 radical (unpaired) electrons. The largest absolute Gasteiger partial charge is 0.297 e. The molecule has 9 rings (SSSR count). The van der Waals surface area contributed by atoms with Gasteiger partial charge in [0, 0.05) is 24.2 Å². The molecule has 5 aromatic rings. The minimum Gasteiger partial charge on any atom is -0.297 e. The fourth-order valence-corrected chi connectivity index (χ4v) is 9.75. The first-order valence-electron chi connectivity index (χ1n) is 21.2. The number of hydrogen-bond acceptors (Lipinski definition) is 2. The third-order valence-corrected chi connectivity index (χ3v) is 13.4. The Labute approximate surface area is 345 Å². The van der Waals surface area contributed by atoms with Crippen LogP contribution in [0.1, 0.15) is 97.1 Å². The summed E-state index contributed by atoms with van der Waals surface area (Å²) >= 11 is 0. The third-order valence-electron chi connectivity index (χ3n) is 12.1. The molecule has 2 heterocycles. The van der Waals surface area contributed by atoms with E-state index in [0.29, 0.717) is 0 Å². The maximum Gasteiger partial charge on any atom is 0.113 e. The first-order chi connectivity index (χ1) is 28.4. The van der Waals surface area contributed by atoms with E-state index in [1.807, 2.05) is 0 Å². The zero-order valence-electron chi connectivity index (χ0n) is 34.4. The quantitative estimate of drug-likeness (QED) is 0.132. The molecule has 0 saturated carbocycles. The maximum atomic E-state index is 5.05. The van der Waals surface area contributed by atoms with Crippen LogP contribution in [0.25, 0.3) is 40.2 Å². The average molecular weight is 777 g/mol. The standard InChI is InChI=1S/C53H53N4P/c1-6-51-54-47-16-10-12-18-49(47)56(51)42-30-24-37(25-31-42)36(3)45-14-8-9-15-46(45)53(40-22-20-38(21-23-40)39-28-34-44(35-29-39)58(4)5)41-26-32-43(33-27-41)57-50-19-13-11-17-48(50)55-52(57)7-2/h12-15,18-22,24-35H,3,6-11,16-17,23H2,1-2,4-5H3/b53-40-. The van der Waals surface area contributed by atoms with Crippen LogP contribution in [0.3, 0.4) is 0 Å². The van der Waals surface area contributed by atoms with Crippen LogP contribution in [0.2, 0.25) is 0 Å². The minimum atomic E-state index is -0.114. The summed E-state index contributed by atoms with van der Waals surface area (Å²) in [5.41, 5.74) is 18.3. The summed E-state index contributed by atoms with van der Waals surface area (Å²) in [6.45, 7) is 13.8. The highest BCUT2D eigenvalue weighted by Gasteiger charge is 2.24. The molecule has 0 spiro atoms. The van der Waals surface area contributed by atoms with E-state index in [2.05, 4.69) is 164 Å². The predicted molar refractivity (Wildman–Crippen MR) is 249 cm³/mol. The summed E-state index contributed by atoms with van der Waals surface area (Å²) in [5, 5.41) is 1.44. The van der Waals surface area contributed by atoms with Crippen molar-refractivity contribution < 1.29 is 0 Å². The number of aryl methyl sites for hydroxylation is 4. The minimum absolute atomic E-state index is 0.114. The Kier molecular flexibility index (Phi) is 10.7. The molecule has 3 aromatic carbocycles. The van der Waals surface area contributed by atoms with Gasteiger partial charge in [0.25, 0.3) is 0 Å². The zero-order chi connectivity index (χ0) is 39.8. The topological polar surface area (TPSA) is 35.6 Å². The van der Waals surface area contributed by atoms with Gasteiger partial charge in [0.1, 0.15) is 11.6 Å². The normalized spacial score (nSPS) is 16.8. The SMILES string of the molecule is C=C(C1=CCCC=C1/C(=C1/C=CC(c2ccc(P(C)C)cc2)=CC1)c1ccc(-n2c(CC)nc3c2C=CCC3)cc1)c1ccc(-n2c(CC)nc3c2C=CCC3)cc1. The van der Waals surface area contributed by atoms with Crippen LogP contribution < -0.4 is 5.30 Å². The van der Waals surface area contributed by atoms with Crippen molar-refractivity contribution in [3.05, 3.63) is 190 Å². The van der Waals surface area contributed by atoms with Gasteiger partial charge >= 0.3 is 0 Å². The molecule has 4 nitrogen and oxygen atoms in total. The van der Waals surface area contributed by atoms with E-state index in [9.17, 15) is 0 Å². The van der Waals surface area contributed by atoms with Gasteiger partial charge in [-0.05, 0) is 150 Å². The van der Waals surface area contributed by atoms with E-state index in [1.165, 1.54) is 67.1 Å².